The van der Waals surface area contributed by atoms with Crippen molar-refractivity contribution in [1.82, 2.24) is 25.7 Å². The zero-order chi connectivity index (χ0) is 18.6. The van der Waals surface area contributed by atoms with Crippen LogP contribution in [0.1, 0.15) is 23.7 Å². The van der Waals surface area contributed by atoms with E-state index in [1.165, 1.54) is 0 Å². The van der Waals surface area contributed by atoms with Crippen molar-refractivity contribution >= 4 is 23.5 Å². The number of carbonyl (C=O) groups is 1. The highest BCUT2D eigenvalue weighted by atomic mass is 35.5. The average Bonchev–Trinajstić information content (AvgIpc) is 3.16. The quantitative estimate of drug-likeness (QED) is 0.354. The van der Waals surface area contributed by atoms with E-state index in [2.05, 4.69) is 26.0 Å². The summed E-state index contributed by atoms with van der Waals surface area (Å²) in [5, 5.41) is 13.8. The van der Waals surface area contributed by atoms with Crippen LogP contribution in [0.4, 0.5) is 0 Å². The predicted molar refractivity (Wildman–Crippen MR) is 105 cm³/mol. The average molecular weight is 377 g/mol. The molecule has 2 aromatic rings. The van der Waals surface area contributed by atoms with Gasteiger partial charge in [0, 0.05) is 45.1 Å². The molecule has 1 heterocycles. The summed E-state index contributed by atoms with van der Waals surface area (Å²) in [5.74, 6) is 0.554. The maximum Gasteiger partial charge on any atom is 0.252 e. The van der Waals surface area contributed by atoms with Crippen molar-refractivity contribution in [2.24, 2.45) is 4.99 Å². The first-order chi connectivity index (χ1) is 12.7. The number of hydrogen-bond acceptors (Lipinski definition) is 3. The van der Waals surface area contributed by atoms with Crippen LogP contribution in [0.15, 0.2) is 47.7 Å². The number of aryl methyl sites for hydroxylation is 1. The zero-order valence-electron chi connectivity index (χ0n) is 14.9. The number of aliphatic imine (C=N–C) groups is 1. The Kier molecular flexibility index (Phi) is 8.48. The highest BCUT2D eigenvalue weighted by Crippen LogP contribution is 2.14. The summed E-state index contributed by atoms with van der Waals surface area (Å²) < 4.78 is 1.89. The molecule has 140 valence electrons. The Balaban J connectivity index is 1.69. The molecule has 0 saturated heterocycles. The molecule has 3 N–H and O–H groups in total. The number of halogens is 1. The Morgan fingerprint density at radius 2 is 2.00 bits per heavy atom. The van der Waals surface area contributed by atoms with Gasteiger partial charge in [0.15, 0.2) is 5.96 Å². The van der Waals surface area contributed by atoms with Gasteiger partial charge in [0.25, 0.3) is 5.91 Å². The van der Waals surface area contributed by atoms with E-state index in [1.54, 1.807) is 30.5 Å². The molecule has 1 aromatic heterocycles. The number of rotatable bonds is 9. The number of guanidine groups is 1. The molecule has 0 aliphatic heterocycles. The molecule has 0 atom stereocenters. The minimum Gasteiger partial charge on any atom is -0.357 e. The third-order valence-electron chi connectivity index (χ3n) is 3.54. The fourth-order valence-corrected chi connectivity index (χ4v) is 2.52. The molecular weight excluding hydrogens is 352 g/mol. The minimum atomic E-state index is -0.182. The van der Waals surface area contributed by atoms with Gasteiger partial charge in [-0.1, -0.05) is 23.7 Å². The molecule has 7 nitrogen and oxygen atoms in total. The highest BCUT2D eigenvalue weighted by molar-refractivity contribution is 6.33. The number of benzene rings is 1. The summed E-state index contributed by atoms with van der Waals surface area (Å²) in [6.45, 7) is 5.37. The van der Waals surface area contributed by atoms with Crippen molar-refractivity contribution in [1.29, 1.82) is 0 Å². The van der Waals surface area contributed by atoms with Gasteiger partial charge in [0.1, 0.15) is 0 Å². The molecule has 0 saturated carbocycles. The second-order valence-electron chi connectivity index (χ2n) is 5.55. The van der Waals surface area contributed by atoms with Gasteiger partial charge in [-0.2, -0.15) is 5.10 Å². The van der Waals surface area contributed by atoms with Crippen LogP contribution in [0.5, 0.6) is 0 Å². The van der Waals surface area contributed by atoms with Crippen LogP contribution in [0.3, 0.4) is 0 Å². The highest BCUT2D eigenvalue weighted by Gasteiger charge is 2.08. The van der Waals surface area contributed by atoms with Crippen LogP contribution >= 0.6 is 11.6 Å². The van der Waals surface area contributed by atoms with Gasteiger partial charge in [-0.05, 0) is 31.5 Å². The number of hydrogen-bond donors (Lipinski definition) is 3. The number of carbonyl (C=O) groups excluding carboxylic acids is 1. The lowest BCUT2D eigenvalue weighted by Gasteiger charge is -2.12. The SMILES string of the molecule is CCNC(=NCCCn1cccn1)NCCNC(=O)c1ccccc1Cl. The predicted octanol–water partition coefficient (Wildman–Crippen LogP) is 1.91. The number of amides is 1. The smallest absolute Gasteiger partial charge is 0.252 e. The number of nitrogens with one attached hydrogen (secondary N) is 3. The first-order valence-electron chi connectivity index (χ1n) is 8.73. The van der Waals surface area contributed by atoms with E-state index >= 15 is 0 Å². The van der Waals surface area contributed by atoms with Crippen molar-refractivity contribution in [3.8, 4) is 0 Å². The van der Waals surface area contributed by atoms with Gasteiger partial charge in [0.2, 0.25) is 0 Å². The van der Waals surface area contributed by atoms with Crippen LogP contribution < -0.4 is 16.0 Å². The summed E-state index contributed by atoms with van der Waals surface area (Å²) in [7, 11) is 0. The molecule has 0 spiro atoms. The van der Waals surface area contributed by atoms with E-state index in [0.29, 0.717) is 30.2 Å². The standard InChI is InChI=1S/C18H25ClN6O/c1-2-20-18(22-9-5-13-25-14-6-10-24-25)23-12-11-21-17(26)15-7-3-4-8-16(15)19/h3-4,6-8,10,14H,2,5,9,11-13H2,1H3,(H,21,26)(H2,20,22,23). The van der Waals surface area contributed by atoms with E-state index < -0.39 is 0 Å². The molecule has 0 radical (unpaired) electrons. The lowest BCUT2D eigenvalue weighted by atomic mass is 10.2. The monoisotopic (exact) mass is 376 g/mol. The normalized spacial score (nSPS) is 11.2. The summed E-state index contributed by atoms with van der Waals surface area (Å²) in [5.41, 5.74) is 0.480. The van der Waals surface area contributed by atoms with Crippen molar-refractivity contribution in [3.63, 3.8) is 0 Å². The van der Waals surface area contributed by atoms with Crippen LogP contribution in [0.25, 0.3) is 0 Å². The molecule has 0 fully saturated rings. The Morgan fingerprint density at radius 1 is 1.19 bits per heavy atom. The minimum absolute atomic E-state index is 0.182. The molecule has 0 bridgehead atoms. The summed E-state index contributed by atoms with van der Waals surface area (Å²) in [4.78, 5) is 16.6. The second-order valence-corrected chi connectivity index (χ2v) is 5.95. The molecule has 0 aliphatic rings. The fraction of sp³-hybridized carbons (Fsp3) is 0.389. The second kappa shape index (κ2) is 11.1. The van der Waals surface area contributed by atoms with Crippen molar-refractivity contribution in [2.45, 2.75) is 19.9 Å². The lowest BCUT2D eigenvalue weighted by molar-refractivity contribution is 0.0954. The molecular formula is C18H25ClN6O. The Bertz CT molecular complexity index is 701. The molecule has 1 amide bonds. The molecule has 1 aromatic carbocycles. The lowest BCUT2D eigenvalue weighted by Crippen LogP contribution is -2.41. The van der Waals surface area contributed by atoms with Crippen LogP contribution in [0, 0.1) is 0 Å². The Hall–Kier alpha value is -2.54. The summed E-state index contributed by atoms with van der Waals surface area (Å²) in [6, 6.07) is 8.90. The van der Waals surface area contributed by atoms with Crippen LogP contribution in [0.2, 0.25) is 5.02 Å². The van der Waals surface area contributed by atoms with E-state index in [4.69, 9.17) is 11.6 Å². The topological polar surface area (TPSA) is 83.3 Å². The number of nitrogens with zero attached hydrogens (tertiary/aromatic N) is 3. The molecule has 8 heteroatoms. The van der Waals surface area contributed by atoms with Gasteiger partial charge in [-0.25, -0.2) is 0 Å². The van der Waals surface area contributed by atoms with Gasteiger partial charge in [-0.15, -0.1) is 0 Å². The Morgan fingerprint density at radius 3 is 2.73 bits per heavy atom. The largest absolute Gasteiger partial charge is 0.357 e. The van der Waals surface area contributed by atoms with E-state index in [0.717, 1.165) is 25.5 Å². The molecule has 26 heavy (non-hydrogen) atoms. The third kappa shape index (κ3) is 6.76. The van der Waals surface area contributed by atoms with Crippen molar-refractivity contribution < 1.29 is 4.79 Å². The molecule has 0 aliphatic carbocycles. The zero-order valence-corrected chi connectivity index (χ0v) is 15.7. The first kappa shape index (κ1) is 19.8. The third-order valence-corrected chi connectivity index (χ3v) is 3.87. The molecule has 0 unspecified atom stereocenters. The van der Waals surface area contributed by atoms with Crippen LogP contribution in [-0.4, -0.2) is 47.8 Å². The van der Waals surface area contributed by atoms with E-state index in [9.17, 15) is 4.79 Å². The first-order valence-corrected chi connectivity index (χ1v) is 9.11. The van der Waals surface area contributed by atoms with Crippen LogP contribution in [-0.2, 0) is 6.54 Å². The summed E-state index contributed by atoms with van der Waals surface area (Å²) in [6.07, 6.45) is 4.61. The maximum atomic E-state index is 12.1. The van der Waals surface area contributed by atoms with Gasteiger partial charge in [0.05, 0.1) is 10.6 Å². The fourth-order valence-electron chi connectivity index (χ4n) is 2.30. The van der Waals surface area contributed by atoms with E-state index in [1.807, 2.05) is 23.9 Å². The maximum absolute atomic E-state index is 12.1. The van der Waals surface area contributed by atoms with Gasteiger partial charge >= 0.3 is 0 Å². The van der Waals surface area contributed by atoms with Crippen molar-refractivity contribution in [3.05, 3.63) is 53.3 Å². The number of aromatic nitrogens is 2. The molecule has 2 rings (SSSR count). The van der Waals surface area contributed by atoms with Gasteiger partial charge < -0.3 is 16.0 Å². The Labute approximate surface area is 158 Å². The van der Waals surface area contributed by atoms with Crippen molar-refractivity contribution in [2.75, 3.05) is 26.2 Å². The van der Waals surface area contributed by atoms with Gasteiger partial charge in [-0.3, -0.25) is 14.5 Å². The summed E-state index contributed by atoms with van der Waals surface area (Å²) >= 11 is 6.02. The van der Waals surface area contributed by atoms with E-state index in [-0.39, 0.29) is 5.91 Å².